The molecule has 0 aliphatic rings. The van der Waals surface area contributed by atoms with Crippen molar-refractivity contribution in [3.63, 3.8) is 0 Å². The van der Waals surface area contributed by atoms with Crippen molar-refractivity contribution in [3.8, 4) is 0 Å². The van der Waals surface area contributed by atoms with Gasteiger partial charge in [-0.2, -0.15) is 5.10 Å². The van der Waals surface area contributed by atoms with Gasteiger partial charge in [0.25, 0.3) is 0 Å². The number of hydrogen-bond donors (Lipinski definition) is 2. The Morgan fingerprint density at radius 3 is 2.65 bits per heavy atom. The average molecular weight is 242 g/mol. The van der Waals surface area contributed by atoms with Crippen LogP contribution in [0.4, 0.5) is 0 Å². The summed E-state index contributed by atoms with van der Waals surface area (Å²) in [4.78, 5) is 11.0. The molecule has 0 spiro atoms. The first-order valence-corrected chi connectivity index (χ1v) is 5.42. The summed E-state index contributed by atoms with van der Waals surface area (Å²) in [6.45, 7) is 3.90. The molecule has 2 unspecified atom stereocenters. The number of carbonyl (C=O) groups is 1. The fraction of sp³-hybridized carbons (Fsp3) is 0.636. The van der Waals surface area contributed by atoms with E-state index in [0.717, 1.165) is 0 Å². The van der Waals surface area contributed by atoms with E-state index in [4.69, 9.17) is 0 Å². The Labute approximate surface area is 99.8 Å². The molecule has 6 nitrogen and oxygen atoms in total. The molecule has 0 aromatic carbocycles. The number of rotatable bonds is 5. The van der Waals surface area contributed by atoms with Crippen LogP contribution in [0.3, 0.4) is 0 Å². The molecule has 1 aromatic heterocycles. The number of methoxy groups -OCH3 is 1. The first-order chi connectivity index (χ1) is 7.95. The van der Waals surface area contributed by atoms with Gasteiger partial charge in [0.2, 0.25) is 0 Å². The molecule has 2 N–H and O–H groups in total. The van der Waals surface area contributed by atoms with Crippen molar-refractivity contribution < 1.29 is 19.7 Å². The summed E-state index contributed by atoms with van der Waals surface area (Å²) in [5.74, 6) is -0.562. The molecule has 0 aliphatic carbocycles. The van der Waals surface area contributed by atoms with Crippen molar-refractivity contribution >= 4 is 5.97 Å². The van der Waals surface area contributed by atoms with E-state index in [1.165, 1.54) is 13.3 Å². The Balaban J connectivity index is 2.67. The van der Waals surface area contributed by atoms with Crippen LogP contribution >= 0.6 is 0 Å². The molecule has 2 atom stereocenters. The number of esters is 1. The topological polar surface area (TPSA) is 84.6 Å². The van der Waals surface area contributed by atoms with Crippen molar-refractivity contribution in [3.05, 3.63) is 18.0 Å². The third-order valence-electron chi connectivity index (χ3n) is 2.46. The molecule has 17 heavy (non-hydrogen) atoms. The summed E-state index contributed by atoms with van der Waals surface area (Å²) >= 11 is 0. The van der Waals surface area contributed by atoms with Crippen LogP contribution in [0.2, 0.25) is 0 Å². The molecule has 0 fully saturated rings. The molecule has 0 saturated carbocycles. The lowest BCUT2D eigenvalue weighted by molar-refractivity contribution is -0.144. The normalized spacial score (nSPS) is 14.7. The summed E-state index contributed by atoms with van der Waals surface area (Å²) in [5, 5.41) is 23.5. The van der Waals surface area contributed by atoms with Crippen LogP contribution in [0, 0.1) is 0 Å². The smallest absolute Gasteiger partial charge is 0.308 e. The maximum absolute atomic E-state index is 11.0. The second-order valence-corrected chi connectivity index (χ2v) is 4.14. The highest BCUT2D eigenvalue weighted by Crippen LogP contribution is 2.19. The summed E-state index contributed by atoms with van der Waals surface area (Å²) in [6.07, 6.45) is 0.555. The molecule has 0 amide bonds. The van der Waals surface area contributed by atoms with Gasteiger partial charge in [-0.3, -0.25) is 9.48 Å². The zero-order valence-corrected chi connectivity index (χ0v) is 10.2. The third kappa shape index (κ3) is 3.54. The highest BCUT2D eigenvalue weighted by atomic mass is 16.5. The molecule has 1 aromatic rings. The Hall–Kier alpha value is -1.40. The summed E-state index contributed by atoms with van der Waals surface area (Å²) < 4.78 is 6.09. The molecular weight excluding hydrogens is 224 g/mol. The lowest BCUT2D eigenvalue weighted by atomic mass is 10.1. The molecule has 0 saturated heterocycles. The predicted octanol–water partition coefficient (Wildman–Crippen LogP) is 0.421. The van der Waals surface area contributed by atoms with Crippen molar-refractivity contribution in [1.82, 2.24) is 9.78 Å². The van der Waals surface area contributed by atoms with Gasteiger partial charge in [0.1, 0.15) is 6.10 Å². The first-order valence-electron chi connectivity index (χ1n) is 5.42. The van der Waals surface area contributed by atoms with Gasteiger partial charge in [0.15, 0.2) is 0 Å². The standard InChI is InChI=1S/C11H18N2O4/c1-7(2)13-6-8(5-12-13)11(16)9(14)4-10(15)17-3/h5-7,9,11,14,16H,4H2,1-3H3. The van der Waals surface area contributed by atoms with E-state index in [-0.39, 0.29) is 12.5 Å². The molecule has 1 heterocycles. The minimum absolute atomic E-state index is 0.175. The lowest BCUT2D eigenvalue weighted by Gasteiger charge is -2.15. The number of aliphatic hydroxyl groups excluding tert-OH is 2. The van der Waals surface area contributed by atoms with Gasteiger partial charge in [-0.1, -0.05) is 0 Å². The zero-order chi connectivity index (χ0) is 13.0. The van der Waals surface area contributed by atoms with E-state index < -0.39 is 18.2 Å². The van der Waals surface area contributed by atoms with Gasteiger partial charge in [0, 0.05) is 17.8 Å². The van der Waals surface area contributed by atoms with E-state index >= 15 is 0 Å². The number of nitrogens with zero attached hydrogens (tertiary/aromatic N) is 2. The highest BCUT2D eigenvalue weighted by Gasteiger charge is 2.23. The quantitative estimate of drug-likeness (QED) is 0.731. The maximum atomic E-state index is 11.0. The van der Waals surface area contributed by atoms with E-state index in [9.17, 15) is 15.0 Å². The van der Waals surface area contributed by atoms with Gasteiger partial charge in [-0.15, -0.1) is 0 Å². The van der Waals surface area contributed by atoms with Crippen LogP contribution < -0.4 is 0 Å². The SMILES string of the molecule is COC(=O)CC(O)C(O)c1cnn(C(C)C)c1. The number of carbonyl (C=O) groups excluding carboxylic acids is 1. The van der Waals surface area contributed by atoms with Crippen molar-refractivity contribution in [2.75, 3.05) is 7.11 Å². The van der Waals surface area contributed by atoms with Gasteiger partial charge in [-0.25, -0.2) is 0 Å². The molecule has 6 heteroatoms. The summed E-state index contributed by atoms with van der Waals surface area (Å²) in [6, 6.07) is 0.175. The number of hydrogen-bond acceptors (Lipinski definition) is 5. The van der Waals surface area contributed by atoms with Gasteiger partial charge in [-0.05, 0) is 13.8 Å². The molecule has 0 bridgehead atoms. The second-order valence-electron chi connectivity index (χ2n) is 4.14. The average Bonchev–Trinajstić information content (AvgIpc) is 2.77. The van der Waals surface area contributed by atoms with Gasteiger partial charge in [0.05, 0.1) is 25.8 Å². The van der Waals surface area contributed by atoms with Crippen molar-refractivity contribution in [2.45, 2.75) is 38.5 Å². The summed E-state index contributed by atoms with van der Waals surface area (Å²) in [5.41, 5.74) is 0.482. The van der Waals surface area contributed by atoms with Crippen molar-refractivity contribution in [2.24, 2.45) is 0 Å². The van der Waals surface area contributed by atoms with Gasteiger partial charge < -0.3 is 14.9 Å². The zero-order valence-electron chi connectivity index (χ0n) is 10.2. The van der Waals surface area contributed by atoms with E-state index in [0.29, 0.717) is 5.56 Å². The first kappa shape index (κ1) is 13.7. The molecule has 0 radical (unpaired) electrons. The minimum Gasteiger partial charge on any atom is -0.469 e. The van der Waals surface area contributed by atoms with Gasteiger partial charge >= 0.3 is 5.97 Å². The Morgan fingerprint density at radius 2 is 2.18 bits per heavy atom. The Morgan fingerprint density at radius 1 is 1.53 bits per heavy atom. The van der Waals surface area contributed by atoms with Crippen LogP contribution in [0.15, 0.2) is 12.4 Å². The lowest BCUT2D eigenvalue weighted by Crippen LogP contribution is -2.22. The van der Waals surface area contributed by atoms with Crippen molar-refractivity contribution in [1.29, 1.82) is 0 Å². The molecule has 96 valence electrons. The molecular formula is C11H18N2O4. The number of ether oxygens (including phenoxy) is 1. The Bertz CT molecular complexity index is 375. The monoisotopic (exact) mass is 242 g/mol. The predicted molar refractivity (Wildman–Crippen MR) is 60.2 cm³/mol. The van der Waals surface area contributed by atoms with Crippen LogP contribution in [-0.4, -0.2) is 39.2 Å². The summed E-state index contributed by atoms with van der Waals surface area (Å²) in [7, 11) is 1.23. The van der Waals surface area contributed by atoms with Crippen LogP contribution in [0.5, 0.6) is 0 Å². The van der Waals surface area contributed by atoms with E-state index in [2.05, 4.69) is 9.84 Å². The number of aromatic nitrogens is 2. The molecule has 1 rings (SSSR count). The number of aliphatic hydroxyl groups is 2. The Kier molecular flexibility index (Phi) is 4.65. The highest BCUT2D eigenvalue weighted by molar-refractivity contribution is 5.69. The second kappa shape index (κ2) is 5.79. The van der Waals surface area contributed by atoms with Crippen LogP contribution in [0.1, 0.15) is 38.0 Å². The minimum atomic E-state index is -1.19. The fourth-order valence-corrected chi connectivity index (χ4v) is 1.38. The molecule has 0 aliphatic heterocycles. The van der Waals surface area contributed by atoms with E-state index in [1.54, 1.807) is 10.9 Å². The van der Waals surface area contributed by atoms with Crippen LogP contribution in [-0.2, 0) is 9.53 Å². The largest absolute Gasteiger partial charge is 0.469 e. The van der Waals surface area contributed by atoms with E-state index in [1.807, 2.05) is 13.8 Å². The third-order valence-corrected chi connectivity index (χ3v) is 2.46. The maximum Gasteiger partial charge on any atom is 0.308 e. The fourth-order valence-electron chi connectivity index (χ4n) is 1.38. The van der Waals surface area contributed by atoms with Crippen LogP contribution in [0.25, 0.3) is 0 Å².